The van der Waals surface area contributed by atoms with Gasteiger partial charge < -0.3 is 5.73 Å². The zero-order valence-electron chi connectivity index (χ0n) is 5.73. The highest BCUT2D eigenvalue weighted by molar-refractivity contribution is 5.40. The molecule has 1 rings (SSSR count). The minimum atomic E-state index is 0.595. The second-order valence-corrected chi connectivity index (χ2v) is 2.30. The van der Waals surface area contributed by atoms with E-state index in [4.69, 9.17) is 5.73 Å². The minimum Gasteiger partial charge on any atom is -0.301 e. The molecule has 0 unspecified atom stereocenters. The largest absolute Gasteiger partial charge is 0.301 e. The predicted octanol–water partition coefficient (Wildman–Crippen LogP) is 2.22. The van der Waals surface area contributed by atoms with Crippen molar-refractivity contribution in [2.45, 2.75) is 13.8 Å². The molecule has 1 nitrogen and oxygen atoms in total. The number of hydrogen-bond donors (Lipinski definition) is 0. The summed E-state index contributed by atoms with van der Waals surface area (Å²) in [5.74, 6) is 0. The molecule has 1 aromatic rings. The maximum Gasteiger partial charge on any atom is 0.0542 e. The lowest BCUT2D eigenvalue weighted by Gasteiger charge is -1.97. The van der Waals surface area contributed by atoms with Gasteiger partial charge in [0, 0.05) is 0 Å². The van der Waals surface area contributed by atoms with Crippen molar-refractivity contribution >= 4 is 5.69 Å². The Morgan fingerprint density at radius 1 is 1.11 bits per heavy atom. The summed E-state index contributed by atoms with van der Waals surface area (Å²) in [5.41, 5.74) is 10.3. The standard InChI is InChI=1S/C8H10N/c1-6-3-4-8(9)5-7(6)2/h3-5,9H,1-2H3. The Hall–Kier alpha value is -0.980. The molecule has 0 saturated carbocycles. The Morgan fingerprint density at radius 2 is 1.78 bits per heavy atom. The first-order valence-corrected chi connectivity index (χ1v) is 2.99. The van der Waals surface area contributed by atoms with Gasteiger partial charge in [0.15, 0.2) is 0 Å². The highest BCUT2D eigenvalue weighted by Crippen LogP contribution is 2.11. The van der Waals surface area contributed by atoms with Crippen LogP contribution in [0.1, 0.15) is 11.1 Å². The van der Waals surface area contributed by atoms with Crippen LogP contribution in [0.25, 0.3) is 0 Å². The van der Waals surface area contributed by atoms with Crippen LogP contribution < -0.4 is 5.73 Å². The van der Waals surface area contributed by atoms with E-state index in [9.17, 15) is 0 Å². The van der Waals surface area contributed by atoms with Gasteiger partial charge in [0.25, 0.3) is 0 Å². The number of rotatable bonds is 0. The molecule has 0 aromatic heterocycles. The topological polar surface area (TPSA) is 23.8 Å². The van der Waals surface area contributed by atoms with E-state index in [2.05, 4.69) is 6.92 Å². The quantitative estimate of drug-likeness (QED) is 0.501. The monoisotopic (exact) mass is 120 g/mol. The molecule has 0 saturated heterocycles. The summed E-state index contributed by atoms with van der Waals surface area (Å²) >= 11 is 0. The third-order valence-corrected chi connectivity index (χ3v) is 1.51. The average Bonchev–Trinajstić information content (AvgIpc) is 1.80. The molecule has 1 heteroatoms. The van der Waals surface area contributed by atoms with Crippen molar-refractivity contribution in [1.82, 2.24) is 5.73 Å². The molecule has 0 spiro atoms. The molecule has 0 aliphatic rings. The van der Waals surface area contributed by atoms with Crippen molar-refractivity contribution in [3.8, 4) is 0 Å². The van der Waals surface area contributed by atoms with E-state index in [1.54, 1.807) is 0 Å². The molecule has 0 amide bonds. The van der Waals surface area contributed by atoms with Gasteiger partial charge in [-0.15, -0.1) is 0 Å². The van der Waals surface area contributed by atoms with Crippen LogP contribution in [0.4, 0.5) is 5.69 Å². The Labute approximate surface area is 55.5 Å². The van der Waals surface area contributed by atoms with Gasteiger partial charge >= 0.3 is 0 Å². The molecule has 1 radical (unpaired) electrons. The highest BCUT2D eigenvalue weighted by Gasteiger charge is 1.90. The maximum atomic E-state index is 7.23. The van der Waals surface area contributed by atoms with E-state index in [1.807, 2.05) is 25.1 Å². The zero-order chi connectivity index (χ0) is 6.85. The lowest BCUT2D eigenvalue weighted by atomic mass is 10.1. The van der Waals surface area contributed by atoms with Gasteiger partial charge in [-0.05, 0) is 37.1 Å². The third kappa shape index (κ3) is 1.22. The lowest BCUT2D eigenvalue weighted by molar-refractivity contribution is 1.32. The average molecular weight is 120 g/mol. The molecule has 0 aliphatic heterocycles. The summed E-state index contributed by atoms with van der Waals surface area (Å²) in [6, 6.07) is 5.65. The first-order valence-electron chi connectivity index (χ1n) is 2.99. The van der Waals surface area contributed by atoms with Gasteiger partial charge in [0.1, 0.15) is 0 Å². The first-order chi connectivity index (χ1) is 4.20. The lowest BCUT2D eigenvalue weighted by Crippen LogP contribution is -1.78. The van der Waals surface area contributed by atoms with Crippen LogP contribution in [0.3, 0.4) is 0 Å². The van der Waals surface area contributed by atoms with E-state index in [0.29, 0.717) is 5.69 Å². The summed E-state index contributed by atoms with van der Waals surface area (Å²) < 4.78 is 0. The molecule has 0 heterocycles. The second kappa shape index (κ2) is 2.09. The van der Waals surface area contributed by atoms with Crippen molar-refractivity contribution in [2.24, 2.45) is 0 Å². The second-order valence-electron chi connectivity index (χ2n) is 2.30. The van der Waals surface area contributed by atoms with Crippen molar-refractivity contribution in [1.29, 1.82) is 0 Å². The van der Waals surface area contributed by atoms with Crippen molar-refractivity contribution in [2.75, 3.05) is 0 Å². The van der Waals surface area contributed by atoms with E-state index in [1.165, 1.54) is 11.1 Å². The predicted molar refractivity (Wildman–Crippen MR) is 38.7 cm³/mol. The van der Waals surface area contributed by atoms with Crippen LogP contribution in [-0.4, -0.2) is 0 Å². The summed E-state index contributed by atoms with van der Waals surface area (Å²) in [6.45, 7) is 4.07. The molecule has 1 aromatic carbocycles. The maximum absolute atomic E-state index is 7.23. The zero-order valence-corrected chi connectivity index (χ0v) is 5.73. The van der Waals surface area contributed by atoms with Crippen LogP contribution >= 0.6 is 0 Å². The normalized spacial score (nSPS) is 9.56. The molecule has 0 bridgehead atoms. The van der Waals surface area contributed by atoms with Crippen LogP contribution in [0, 0.1) is 13.8 Å². The molecule has 1 N–H and O–H groups in total. The molecular formula is C8H10N. The summed E-state index contributed by atoms with van der Waals surface area (Å²) in [6.07, 6.45) is 0. The molecule has 47 valence electrons. The number of nitrogens with one attached hydrogen (secondary N) is 1. The summed E-state index contributed by atoms with van der Waals surface area (Å²) in [4.78, 5) is 0. The number of aryl methyl sites for hydroxylation is 2. The van der Waals surface area contributed by atoms with E-state index >= 15 is 0 Å². The SMILES string of the molecule is Cc1ccc([NH])cc1C. The van der Waals surface area contributed by atoms with Crippen LogP contribution in [0.15, 0.2) is 18.2 Å². The van der Waals surface area contributed by atoms with Crippen molar-refractivity contribution in [3.05, 3.63) is 29.3 Å². The Balaban J connectivity index is 3.17. The number of benzene rings is 1. The molecule has 0 fully saturated rings. The van der Waals surface area contributed by atoms with E-state index < -0.39 is 0 Å². The Bertz CT molecular complexity index is 216. The summed E-state index contributed by atoms with van der Waals surface area (Å²) in [7, 11) is 0. The first kappa shape index (κ1) is 6.14. The summed E-state index contributed by atoms with van der Waals surface area (Å²) in [5, 5.41) is 0. The van der Waals surface area contributed by atoms with Crippen molar-refractivity contribution in [3.63, 3.8) is 0 Å². The van der Waals surface area contributed by atoms with Crippen LogP contribution in [-0.2, 0) is 0 Å². The Kier molecular flexibility index (Phi) is 1.43. The molecule has 9 heavy (non-hydrogen) atoms. The van der Waals surface area contributed by atoms with Gasteiger partial charge in [-0.3, -0.25) is 0 Å². The van der Waals surface area contributed by atoms with Gasteiger partial charge in [-0.25, -0.2) is 0 Å². The third-order valence-electron chi connectivity index (χ3n) is 1.51. The fourth-order valence-electron chi connectivity index (χ4n) is 0.741. The van der Waals surface area contributed by atoms with Gasteiger partial charge in [0.2, 0.25) is 0 Å². The smallest absolute Gasteiger partial charge is 0.0542 e. The van der Waals surface area contributed by atoms with Crippen LogP contribution in [0.2, 0.25) is 0 Å². The minimum absolute atomic E-state index is 0.595. The fraction of sp³-hybridized carbons (Fsp3) is 0.250. The molecule has 0 atom stereocenters. The Morgan fingerprint density at radius 3 is 2.22 bits per heavy atom. The van der Waals surface area contributed by atoms with E-state index in [-0.39, 0.29) is 0 Å². The van der Waals surface area contributed by atoms with Gasteiger partial charge in [-0.1, -0.05) is 6.07 Å². The number of hydrogen-bond acceptors (Lipinski definition) is 0. The van der Waals surface area contributed by atoms with Crippen molar-refractivity contribution < 1.29 is 0 Å². The van der Waals surface area contributed by atoms with Gasteiger partial charge in [-0.2, -0.15) is 0 Å². The van der Waals surface area contributed by atoms with E-state index in [0.717, 1.165) is 0 Å². The van der Waals surface area contributed by atoms with Crippen LogP contribution in [0.5, 0.6) is 0 Å². The molecular weight excluding hydrogens is 110 g/mol. The highest BCUT2D eigenvalue weighted by atomic mass is 14.5. The fourth-order valence-corrected chi connectivity index (χ4v) is 0.741. The van der Waals surface area contributed by atoms with Gasteiger partial charge in [0.05, 0.1) is 5.69 Å². The molecule has 0 aliphatic carbocycles.